The van der Waals surface area contributed by atoms with Gasteiger partial charge in [0.05, 0.1) is 27.2 Å². The Balaban J connectivity index is 4.20. The fourth-order valence-electron chi connectivity index (χ4n) is 6.82. The highest BCUT2D eigenvalue weighted by molar-refractivity contribution is 4.64. The summed E-state index contributed by atoms with van der Waals surface area (Å²) >= 11 is 0. The fraction of sp³-hybridized carbons (Fsp3) is 1.00. The average molecular weight is 551 g/mol. The molecule has 0 aliphatic carbocycles. The molecule has 0 aromatic rings. The van der Waals surface area contributed by atoms with E-state index >= 15 is 0 Å². The Labute approximate surface area is 250 Å². The highest BCUT2D eigenvalue weighted by atomic mass is 15.3. The molecule has 1 nitrogen and oxygen atoms in total. The Bertz CT molecular complexity index is 469. The molecule has 0 fully saturated rings. The van der Waals surface area contributed by atoms with Crippen LogP contribution < -0.4 is 0 Å². The minimum atomic E-state index is 0.914. The smallest absolute Gasteiger partial charge is 0.0811 e. The van der Waals surface area contributed by atoms with E-state index in [0.717, 1.165) is 17.8 Å². The van der Waals surface area contributed by atoms with E-state index in [-0.39, 0.29) is 0 Å². The molecule has 0 spiro atoms. The maximum atomic E-state index is 2.53. The second-order valence-corrected chi connectivity index (χ2v) is 14.7. The lowest BCUT2D eigenvalue weighted by Crippen LogP contribution is -2.44. The standard InChI is InChI=1S/C38H80N/c1-8-11-13-15-17-19-20-22-24-29-37(5)30-25-26-31-38(33-32-36(4)28-10-3)35-39(6,7)34-27-23-21-18-16-14-12-9-2/h36-38H,8-35H2,1-7H3/q+1. The van der Waals surface area contributed by atoms with Crippen molar-refractivity contribution in [1.82, 2.24) is 0 Å². The summed E-state index contributed by atoms with van der Waals surface area (Å²) in [5.74, 6) is 2.78. The number of hydrogen-bond donors (Lipinski definition) is 0. The van der Waals surface area contributed by atoms with E-state index in [1.807, 2.05) is 0 Å². The lowest BCUT2D eigenvalue weighted by atomic mass is 9.89. The van der Waals surface area contributed by atoms with Crippen LogP contribution in [0.5, 0.6) is 0 Å². The van der Waals surface area contributed by atoms with Crippen LogP contribution in [0, 0.1) is 17.8 Å². The molecular weight excluding hydrogens is 470 g/mol. The first-order valence-electron chi connectivity index (χ1n) is 18.7. The molecule has 0 saturated carbocycles. The van der Waals surface area contributed by atoms with Gasteiger partial charge in [-0.15, -0.1) is 0 Å². The van der Waals surface area contributed by atoms with Crippen molar-refractivity contribution in [2.75, 3.05) is 27.2 Å². The molecule has 3 unspecified atom stereocenters. The van der Waals surface area contributed by atoms with Gasteiger partial charge in [0.1, 0.15) is 0 Å². The minimum absolute atomic E-state index is 0.914. The zero-order valence-corrected chi connectivity index (χ0v) is 29.0. The molecule has 0 radical (unpaired) electrons. The Morgan fingerprint density at radius 3 is 1.31 bits per heavy atom. The van der Waals surface area contributed by atoms with E-state index in [9.17, 15) is 0 Å². The zero-order valence-electron chi connectivity index (χ0n) is 29.0. The second kappa shape index (κ2) is 28.1. The maximum Gasteiger partial charge on any atom is 0.0811 e. The van der Waals surface area contributed by atoms with Crippen molar-refractivity contribution in [2.24, 2.45) is 17.8 Å². The van der Waals surface area contributed by atoms with Gasteiger partial charge in [-0.1, -0.05) is 176 Å². The van der Waals surface area contributed by atoms with Crippen LogP contribution in [0.15, 0.2) is 0 Å². The molecular formula is C38H80N+. The van der Waals surface area contributed by atoms with Gasteiger partial charge in [-0.2, -0.15) is 0 Å². The molecule has 236 valence electrons. The van der Waals surface area contributed by atoms with Gasteiger partial charge in [0.25, 0.3) is 0 Å². The van der Waals surface area contributed by atoms with Crippen LogP contribution in [-0.2, 0) is 0 Å². The maximum absolute atomic E-state index is 2.53. The molecule has 3 atom stereocenters. The summed E-state index contributed by atoms with van der Waals surface area (Å²) < 4.78 is 1.25. The number of nitrogens with zero attached hydrogens (tertiary/aromatic N) is 1. The van der Waals surface area contributed by atoms with Crippen molar-refractivity contribution in [3.8, 4) is 0 Å². The van der Waals surface area contributed by atoms with Crippen LogP contribution >= 0.6 is 0 Å². The first-order valence-corrected chi connectivity index (χ1v) is 18.7. The Morgan fingerprint density at radius 2 is 0.795 bits per heavy atom. The van der Waals surface area contributed by atoms with Gasteiger partial charge in [-0.05, 0) is 37.5 Å². The summed E-state index contributed by atoms with van der Waals surface area (Å²) in [6, 6.07) is 0. The third-order valence-electron chi connectivity index (χ3n) is 9.58. The van der Waals surface area contributed by atoms with Gasteiger partial charge in [0, 0.05) is 5.92 Å². The number of unbranched alkanes of at least 4 members (excludes halogenated alkanes) is 16. The second-order valence-electron chi connectivity index (χ2n) is 14.7. The average Bonchev–Trinajstić information content (AvgIpc) is 2.90. The number of quaternary nitrogens is 1. The van der Waals surface area contributed by atoms with Crippen LogP contribution in [0.1, 0.15) is 202 Å². The fourth-order valence-corrected chi connectivity index (χ4v) is 6.82. The van der Waals surface area contributed by atoms with E-state index in [1.165, 1.54) is 185 Å². The SMILES string of the molecule is CCCCCCCCCCCC(C)CCCCC(CCC(C)CCC)C[N+](C)(C)CCCCCCCCCC. The lowest BCUT2D eigenvalue weighted by Gasteiger charge is -2.34. The topological polar surface area (TPSA) is 0 Å². The summed E-state index contributed by atoms with van der Waals surface area (Å²) in [6.45, 7) is 14.8. The van der Waals surface area contributed by atoms with Crippen molar-refractivity contribution >= 4 is 0 Å². The molecule has 0 rings (SSSR count). The summed E-state index contributed by atoms with van der Waals surface area (Å²) in [5, 5.41) is 0. The van der Waals surface area contributed by atoms with Crippen LogP contribution in [0.3, 0.4) is 0 Å². The molecule has 0 saturated heterocycles. The largest absolute Gasteiger partial charge is 0.328 e. The highest BCUT2D eigenvalue weighted by Gasteiger charge is 2.22. The van der Waals surface area contributed by atoms with E-state index in [1.54, 1.807) is 0 Å². The Hall–Kier alpha value is -0.0400. The van der Waals surface area contributed by atoms with E-state index in [0.29, 0.717) is 0 Å². The summed E-state index contributed by atoms with van der Waals surface area (Å²) in [6.07, 6.45) is 37.6. The van der Waals surface area contributed by atoms with Crippen molar-refractivity contribution in [3.63, 3.8) is 0 Å². The first kappa shape index (κ1) is 39.0. The molecule has 0 aromatic carbocycles. The van der Waals surface area contributed by atoms with Crippen molar-refractivity contribution in [1.29, 1.82) is 0 Å². The number of rotatable bonds is 31. The molecule has 1 heteroatoms. The van der Waals surface area contributed by atoms with Crippen LogP contribution in [-0.4, -0.2) is 31.7 Å². The predicted molar refractivity (Wildman–Crippen MR) is 181 cm³/mol. The van der Waals surface area contributed by atoms with Crippen LogP contribution in [0.25, 0.3) is 0 Å². The molecule has 0 N–H and O–H groups in total. The molecule has 0 aliphatic heterocycles. The van der Waals surface area contributed by atoms with Crippen molar-refractivity contribution in [2.45, 2.75) is 202 Å². The Kier molecular flexibility index (Phi) is 28.1. The molecule has 0 aromatic heterocycles. The van der Waals surface area contributed by atoms with Gasteiger partial charge in [0.15, 0.2) is 0 Å². The van der Waals surface area contributed by atoms with Gasteiger partial charge >= 0.3 is 0 Å². The quantitative estimate of drug-likeness (QED) is 0.0594. The monoisotopic (exact) mass is 551 g/mol. The third kappa shape index (κ3) is 27.9. The van der Waals surface area contributed by atoms with Crippen LogP contribution in [0.4, 0.5) is 0 Å². The van der Waals surface area contributed by atoms with Gasteiger partial charge in [-0.25, -0.2) is 0 Å². The summed E-state index contributed by atoms with van der Waals surface area (Å²) in [4.78, 5) is 0. The molecule has 0 aliphatic rings. The predicted octanol–water partition coefficient (Wildman–Crippen LogP) is 13.2. The molecule has 0 amide bonds. The third-order valence-corrected chi connectivity index (χ3v) is 9.58. The zero-order chi connectivity index (χ0) is 29.0. The van der Waals surface area contributed by atoms with Crippen LogP contribution in [0.2, 0.25) is 0 Å². The highest BCUT2D eigenvalue weighted by Crippen LogP contribution is 2.25. The minimum Gasteiger partial charge on any atom is -0.328 e. The number of hydrogen-bond acceptors (Lipinski definition) is 0. The van der Waals surface area contributed by atoms with E-state index in [2.05, 4.69) is 48.7 Å². The van der Waals surface area contributed by atoms with Gasteiger partial charge < -0.3 is 4.48 Å². The lowest BCUT2D eigenvalue weighted by molar-refractivity contribution is -0.894. The van der Waals surface area contributed by atoms with Gasteiger partial charge in [-0.3, -0.25) is 0 Å². The Morgan fingerprint density at radius 1 is 0.385 bits per heavy atom. The molecule has 39 heavy (non-hydrogen) atoms. The first-order chi connectivity index (χ1) is 18.8. The van der Waals surface area contributed by atoms with Crippen molar-refractivity contribution in [3.05, 3.63) is 0 Å². The van der Waals surface area contributed by atoms with E-state index < -0.39 is 0 Å². The van der Waals surface area contributed by atoms with E-state index in [4.69, 9.17) is 0 Å². The van der Waals surface area contributed by atoms with Gasteiger partial charge in [0.2, 0.25) is 0 Å². The van der Waals surface area contributed by atoms with Crippen molar-refractivity contribution < 1.29 is 4.48 Å². The molecule has 0 heterocycles. The normalized spacial score (nSPS) is 14.5. The summed E-state index contributed by atoms with van der Waals surface area (Å²) in [7, 11) is 5.05. The summed E-state index contributed by atoms with van der Waals surface area (Å²) in [5.41, 5.74) is 0. The molecule has 0 bridgehead atoms.